The maximum absolute atomic E-state index is 3.67. The van der Waals surface area contributed by atoms with E-state index >= 15 is 0 Å². The van der Waals surface area contributed by atoms with Gasteiger partial charge in [-0.1, -0.05) is 37.6 Å². The van der Waals surface area contributed by atoms with Crippen LogP contribution >= 0.6 is 0 Å². The molecular formula is C17H28N2. The molecule has 0 amide bonds. The van der Waals surface area contributed by atoms with Crippen LogP contribution in [0.5, 0.6) is 0 Å². The smallest absolute Gasteiger partial charge is 0.0195 e. The van der Waals surface area contributed by atoms with Crippen LogP contribution in [0.25, 0.3) is 0 Å². The first kappa shape index (κ1) is 14.5. The van der Waals surface area contributed by atoms with Crippen molar-refractivity contribution in [3.63, 3.8) is 0 Å². The maximum Gasteiger partial charge on any atom is 0.0195 e. The Kier molecular flexibility index (Phi) is 5.41. The predicted octanol–water partition coefficient (Wildman–Crippen LogP) is 3.00. The quantitative estimate of drug-likeness (QED) is 0.875. The van der Waals surface area contributed by atoms with E-state index in [1.165, 1.54) is 43.5 Å². The van der Waals surface area contributed by atoms with Gasteiger partial charge in [0.05, 0.1) is 0 Å². The van der Waals surface area contributed by atoms with Gasteiger partial charge in [-0.25, -0.2) is 0 Å². The van der Waals surface area contributed by atoms with Crippen molar-refractivity contribution in [3.8, 4) is 0 Å². The molecule has 2 rings (SSSR count). The maximum atomic E-state index is 3.67. The van der Waals surface area contributed by atoms with Crippen molar-refractivity contribution in [2.75, 3.05) is 19.6 Å². The van der Waals surface area contributed by atoms with Gasteiger partial charge in [-0.05, 0) is 37.8 Å². The first-order chi connectivity index (χ1) is 9.20. The lowest BCUT2D eigenvalue weighted by Crippen LogP contribution is -2.55. The molecule has 0 radical (unpaired) electrons. The molecule has 2 nitrogen and oxygen atoms in total. The molecule has 106 valence electrons. The molecule has 19 heavy (non-hydrogen) atoms. The summed E-state index contributed by atoms with van der Waals surface area (Å²) in [5.41, 5.74) is 2.93. The Balaban J connectivity index is 1.88. The summed E-state index contributed by atoms with van der Waals surface area (Å²) < 4.78 is 0. The molecule has 2 atom stereocenters. The second kappa shape index (κ2) is 7.06. The summed E-state index contributed by atoms with van der Waals surface area (Å²) in [6.45, 7) is 10.4. The van der Waals surface area contributed by atoms with E-state index in [0.717, 1.165) is 6.54 Å². The Labute approximate surface area is 118 Å². The lowest BCUT2D eigenvalue weighted by atomic mass is 10.0. The van der Waals surface area contributed by atoms with Crippen LogP contribution in [0.2, 0.25) is 0 Å². The van der Waals surface area contributed by atoms with Gasteiger partial charge in [0, 0.05) is 31.7 Å². The number of hydrogen-bond acceptors (Lipinski definition) is 2. The minimum absolute atomic E-state index is 0.664. The third-order valence-corrected chi connectivity index (χ3v) is 4.35. The van der Waals surface area contributed by atoms with E-state index in [-0.39, 0.29) is 0 Å². The molecule has 1 saturated heterocycles. The molecule has 0 aliphatic carbocycles. The van der Waals surface area contributed by atoms with Crippen LogP contribution < -0.4 is 5.32 Å². The normalized spacial score (nSPS) is 24.6. The Bertz CT molecular complexity index is 389. The van der Waals surface area contributed by atoms with Gasteiger partial charge in [0.25, 0.3) is 0 Å². The topological polar surface area (TPSA) is 15.3 Å². The second-order valence-corrected chi connectivity index (χ2v) is 5.91. The summed E-state index contributed by atoms with van der Waals surface area (Å²) in [4.78, 5) is 2.66. The van der Waals surface area contributed by atoms with Crippen molar-refractivity contribution < 1.29 is 0 Å². The van der Waals surface area contributed by atoms with Crippen LogP contribution in [0, 0.1) is 6.92 Å². The van der Waals surface area contributed by atoms with E-state index in [0.29, 0.717) is 12.1 Å². The van der Waals surface area contributed by atoms with Crippen LogP contribution in [0.15, 0.2) is 24.3 Å². The Morgan fingerprint density at radius 2 is 2.11 bits per heavy atom. The minimum atomic E-state index is 0.664. The Morgan fingerprint density at radius 1 is 1.32 bits per heavy atom. The number of nitrogens with one attached hydrogen (secondary N) is 1. The van der Waals surface area contributed by atoms with E-state index in [9.17, 15) is 0 Å². The molecule has 1 fully saturated rings. The first-order valence-electron chi connectivity index (χ1n) is 7.72. The molecule has 0 saturated carbocycles. The van der Waals surface area contributed by atoms with Crippen LogP contribution in [0.3, 0.4) is 0 Å². The lowest BCUT2D eigenvalue weighted by Gasteiger charge is -2.39. The van der Waals surface area contributed by atoms with Crippen molar-refractivity contribution in [1.29, 1.82) is 0 Å². The molecule has 2 unspecified atom stereocenters. The number of aryl methyl sites for hydroxylation is 1. The minimum Gasteiger partial charge on any atom is -0.311 e. The first-order valence-corrected chi connectivity index (χ1v) is 7.72. The molecule has 1 aliphatic heterocycles. The number of piperazine rings is 1. The molecule has 0 aromatic heterocycles. The van der Waals surface area contributed by atoms with Gasteiger partial charge in [0.1, 0.15) is 0 Å². The highest BCUT2D eigenvalue weighted by Crippen LogP contribution is 2.13. The van der Waals surface area contributed by atoms with E-state index < -0.39 is 0 Å². The molecule has 1 aliphatic rings. The van der Waals surface area contributed by atoms with Gasteiger partial charge in [-0.2, -0.15) is 0 Å². The van der Waals surface area contributed by atoms with Crippen LogP contribution in [-0.2, 0) is 6.42 Å². The summed E-state index contributed by atoms with van der Waals surface area (Å²) >= 11 is 0. The largest absolute Gasteiger partial charge is 0.311 e. The van der Waals surface area contributed by atoms with Crippen LogP contribution in [0.1, 0.15) is 37.8 Å². The molecule has 1 N–H and O–H groups in total. The van der Waals surface area contributed by atoms with E-state index in [1.54, 1.807) is 0 Å². The van der Waals surface area contributed by atoms with Gasteiger partial charge in [0.15, 0.2) is 0 Å². The molecule has 0 bridgehead atoms. The molecular weight excluding hydrogens is 232 g/mol. The van der Waals surface area contributed by atoms with Gasteiger partial charge in [-0.3, -0.25) is 4.90 Å². The van der Waals surface area contributed by atoms with Crippen molar-refractivity contribution in [3.05, 3.63) is 35.4 Å². The summed E-state index contributed by atoms with van der Waals surface area (Å²) in [5, 5.41) is 3.67. The molecule has 2 heteroatoms. The highest BCUT2D eigenvalue weighted by molar-refractivity contribution is 5.25. The number of hydrogen-bond donors (Lipinski definition) is 1. The summed E-state index contributed by atoms with van der Waals surface area (Å²) in [6, 6.07) is 10.1. The standard InChI is InChI=1S/C17H28N2/c1-4-7-17-13-19(15(3)12-18-17)11-10-16-9-6-5-8-14(16)2/h5-6,8-9,15,17-18H,4,7,10-13H2,1-3H3. The fourth-order valence-corrected chi connectivity index (χ4v) is 3.00. The van der Waals surface area contributed by atoms with Gasteiger partial charge < -0.3 is 5.32 Å². The average molecular weight is 260 g/mol. The van der Waals surface area contributed by atoms with Crippen LogP contribution in [-0.4, -0.2) is 36.6 Å². The van der Waals surface area contributed by atoms with Crippen molar-refractivity contribution in [2.24, 2.45) is 0 Å². The SMILES string of the molecule is CCCC1CN(CCc2ccccc2C)C(C)CN1. The predicted molar refractivity (Wildman–Crippen MR) is 82.6 cm³/mol. The number of nitrogens with zero attached hydrogens (tertiary/aromatic N) is 1. The number of benzene rings is 1. The lowest BCUT2D eigenvalue weighted by molar-refractivity contribution is 0.138. The summed E-state index contributed by atoms with van der Waals surface area (Å²) in [6.07, 6.45) is 3.75. The fraction of sp³-hybridized carbons (Fsp3) is 0.647. The molecule has 1 heterocycles. The Hall–Kier alpha value is -0.860. The average Bonchev–Trinajstić information content (AvgIpc) is 2.41. The van der Waals surface area contributed by atoms with Crippen molar-refractivity contribution in [1.82, 2.24) is 10.2 Å². The van der Waals surface area contributed by atoms with Gasteiger partial charge in [-0.15, -0.1) is 0 Å². The zero-order chi connectivity index (χ0) is 13.7. The second-order valence-electron chi connectivity index (χ2n) is 5.91. The number of rotatable bonds is 5. The van der Waals surface area contributed by atoms with Crippen molar-refractivity contribution >= 4 is 0 Å². The highest BCUT2D eigenvalue weighted by Gasteiger charge is 2.23. The highest BCUT2D eigenvalue weighted by atomic mass is 15.2. The molecule has 1 aromatic rings. The molecule has 1 aromatic carbocycles. The summed E-state index contributed by atoms with van der Waals surface area (Å²) in [5.74, 6) is 0. The van der Waals surface area contributed by atoms with Crippen LogP contribution in [0.4, 0.5) is 0 Å². The summed E-state index contributed by atoms with van der Waals surface area (Å²) in [7, 11) is 0. The van der Waals surface area contributed by atoms with E-state index in [4.69, 9.17) is 0 Å². The van der Waals surface area contributed by atoms with Crippen molar-refractivity contribution in [2.45, 2.75) is 52.1 Å². The molecule has 0 spiro atoms. The zero-order valence-corrected chi connectivity index (χ0v) is 12.7. The van der Waals surface area contributed by atoms with E-state index in [1.807, 2.05) is 0 Å². The third-order valence-electron chi connectivity index (χ3n) is 4.35. The fourth-order valence-electron chi connectivity index (χ4n) is 3.00. The third kappa shape index (κ3) is 4.05. The van der Waals surface area contributed by atoms with Gasteiger partial charge >= 0.3 is 0 Å². The Morgan fingerprint density at radius 3 is 2.84 bits per heavy atom. The van der Waals surface area contributed by atoms with E-state index in [2.05, 4.69) is 55.3 Å². The zero-order valence-electron chi connectivity index (χ0n) is 12.7. The van der Waals surface area contributed by atoms with Gasteiger partial charge in [0.2, 0.25) is 0 Å². The monoisotopic (exact) mass is 260 g/mol.